The Balaban J connectivity index is 1.69. The third kappa shape index (κ3) is 2.27. The summed E-state index contributed by atoms with van der Waals surface area (Å²) in [5, 5.41) is 4.07. The fraction of sp³-hybridized carbons (Fsp3) is 0.150. The van der Waals surface area contributed by atoms with Gasteiger partial charge in [0.2, 0.25) is 0 Å². The Labute approximate surface area is 139 Å². The van der Waals surface area contributed by atoms with Gasteiger partial charge in [0.1, 0.15) is 11.3 Å². The minimum atomic E-state index is -0.107. The molecule has 24 heavy (non-hydrogen) atoms. The van der Waals surface area contributed by atoms with E-state index in [9.17, 15) is 4.79 Å². The second-order valence-corrected chi connectivity index (χ2v) is 6.01. The van der Waals surface area contributed by atoms with Crippen LogP contribution in [0.2, 0.25) is 0 Å². The Morgan fingerprint density at radius 2 is 1.75 bits per heavy atom. The summed E-state index contributed by atoms with van der Waals surface area (Å²) in [6.45, 7) is 1.98. The molecular formula is C20H18N2O2. The highest BCUT2D eigenvalue weighted by Crippen LogP contribution is 2.30. The molecule has 0 saturated carbocycles. The molecule has 120 valence electrons. The van der Waals surface area contributed by atoms with Crippen molar-refractivity contribution in [1.29, 1.82) is 0 Å². The average Bonchev–Trinajstić information content (AvgIpc) is 3.12. The number of carbonyl (C=O) groups is 1. The first-order valence-electron chi connectivity index (χ1n) is 7.98. The standard InChI is InChI=1S/C20H18N2O2/c1-13(14-8-4-3-5-9-14)21-20(23)16-12-18-19(22(16)2)15-10-6-7-11-17(15)24-18/h3-13H,1-2H3,(H,21,23). The zero-order chi connectivity index (χ0) is 16.7. The number of amides is 1. The Kier molecular flexibility index (Phi) is 3.38. The van der Waals surface area contributed by atoms with Crippen LogP contribution in [-0.4, -0.2) is 10.5 Å². The zero-order valence-corrected chi connectivity index (χ0v) is 13.6. The van der Waals surface area contributed by atoms with Crippen LogP contribution < -0.4 is 5.32 Å². The average molecular weight is 318 g/mol. The highest BCUT2D eigenvalue weighted by atomic mass is 16.3. The van der Waals surface area contributed by atoms with Gasteiger partial charge in [-0.3, -0.25) is 4.79 Å². The molecule has 0 saturated heterocycles. The summed E-state index contributed by atoms with van der Waals surface area (Å²) in [5.74, 6) is -0.107. The number of aromatic nitrogens is 1. The van der Waals surface area contributed by atoms with E-state index in [4.69, 9.17) is 4.42 Å². The second-order valence-electron chi connectivity index (χ2n) is 6.01. The summed E-state index contributed by atoms with van der Waals surface area (Å²) in [4.78, 5) is 12.7. The van der Waals surface area contributed by atoms with Crippen LogP contribution in [0.1, 0.15) is 29.0 Å². The van der Waals surface area contributed by atoms with Gasteiger partial charge in [-0.1, -0.05) is 42.5 Å². The number of para-hydroxylation sites is 1. The Morgan fingerprint density at radius 1 is 1.04 bits per heavy atom. The van der Waals surface area contributed by atoms with E-state index in [1.54, 1.807) is 0 Å². The smallest absolute Gasteiger partial charge is 0.268 e. The van der Waals surface area contributed by atoms with E-state index in [-0.39, 0.29) is 11.9 Å². The Hall–Kier alpha value is -3.01. The highest BCUT2D eigenvalue weighted by Gasteiger charge is 2.19. The maximum Gasteiger partial charge on any atom is 0.268 e. The molecule has 0 aliphatic heterocycles. The van der Waals surface area contributed by atoms with Crippen molar-refractivity contribution in [1.82, 2.24) is 9.88 Å². The van der Waals surface area contributed by atoms with Crippen molar-refractivity contribution in [2.45, 2.75) is 13.0 Å². The van der Waals surface area contributed by atoms with E-state index >= 15 is 0 Å². The molecule has 1 atom stereocenters. The van der Waals surface area contributed by atoms with Crippen LogP contribution in [0.25, 0.3) is 22.1 Å². The van der Waals surface area contributed by atoms with Gasteiger partial charge in [0, 0.05) is 18.5 Å². The topological polar surface area (TPSA) is 47.2 Å². The predicted molar refractivity (Wildman–Crippen MR) is 95.0 cm³/mol. The maximum absolute atomic E-state index is 12.7. The first-order valence-corrected chi connectivity index (χ1v) is 7.98. The molecule has 2 aromatic carbocycles. The lowest BCUT2D eigenvalue weighted by Crippen LogP contribution is -2.28. The SMILES string of the molecule is CC(NC(=O)c1cc2oc3ccccc3c2n1C)c1ccccc1. The summed E-state index contributed by atoms with van der Waals surface area (Å²) in [5.41, 5.74) is 4.19. The first-order chi connectivity index (χ1) is 11.6. The van der Waals surface area contributed by atoms with Crippen molar-refractivity contribution in [2.75, 3.05) is 0 Å². The normalized spacial score (nSPS) is 12.6. The summed E-state index contributed by atoms with van der Waals surface area (Å²) >= 11 is 0. The third-order valence-electron chi connectivity index (χ3n) is 4.44. The van der Waals surface area contributed by atoms with Crippen molar-refractivity contribution in [3.63, 3.8) is 0 Å². The molecule has 0 radical (unpaired) electrons. The molecule has 0 bridgehead atoms. The molecular weight excluding hydrogens is 300 g/mol. The number of carbonyl (C=O) groups excluding carboxylic acids is 1. The fourth-order valence-corrected chi connectivity index (χ4v) is 3.15. The first kappa shape index (κ1) is 14.6. The minimum Gasteiger partial charge on any atom is -0.454 e. The van der Waals surface area contributed by atoms with E-state index in [0.29, 0.717) is 5.69 Å². The van der Waals surface area contributed by atoms with E-state index in [2.05, 4.69) is 5.32 Å². The van der Waals surface area contributed by atoms with Crippen molar-refractivity contribution in [2.24, 2.45) is 7.05 Å². The molecule has 4 heteroatoms. The Bertz CT molecular complexity index is 1030. The number of fused-ring (bicyclic) bond motifs is 3. The molecule has 0 spiro atoms. The van der Waals surface area contributed by atoms with Gasteiger partial charge in [-0.2, -0.15) is 0 Å². The molecule has 1 N–H and O–H groups in total. The van der Waals surface area contributed by atoms with Gasteiger partial charge in [0.15, 0.2) is 5.58 Å². The number of hydrogen-bond acceptors (Lipinski definition) is 2. The zero-order valence-electron chi connectivity index (χ0n) is 13.6. The molecule has 4 nitrogen and oxygen atoms in total. The van der Waals surface area contributed by atoms with Gasteiger partial charge in [-0.05, 0) is 24.6 Å². The quantitative estimate of drug-likeness (QED) is 0.608. The molecule has 0 fully saturated rings. The Morgan fingerprint density at radius 3 is 2.54 bits per heavy atom. The van der Waals surface area contributed by atoms with Crippen LogP contribution in [0.4, 0.5) is 0 Å². The number of furan rings is 1. The predicted octanol–water partition coefficient (Wildman–Crippen LogP) is 4.42. The summed E-state index contributed by atoms with van der Waals surface area (Å²) < 4.78 is 7.75. The highest BCUT2D eigenvalue weighted by molar-refractivity contribution is 6.07. The maximum atomic E-state index is 12.7. The molecule has 4 rings (SSSR count). The summed E-state index contributed by atoms with van der Waals surface area (Å²) in [7, 11) is 1.90. The summed E-state index contributed by atoms with van der Waals surface area (Å²) in [6, 6.07) is 19.5. The number of aryl methyl sites for hydroxylation is 1. The monoisotopic (exact) mass is 318 g/mol. The van der Waals surface area contributed by atoms with Crippen LogP contribution in [0, 0.1) is 0 Å². The minimum absolute atomic E-state index is 0.0587. The molecule has 1 unspecified atom stereocenters. The van der Waals surface area contributed by atoms with Gasteiger partial charge >= 0.3 is 0 Å². The van der Waals surface area contributed by atoms with Crippen LogP contribution in [0.3, 0.4) is 0 Å². The van der Waals surface area contributed by atoms with Crippen LogP contribution in [-0.2, 0) is 7.05 Å². The fourth-order valence-electron chi connectivity index (χ4n) is 3.15. The van der Waals surface area contributed by atoms with Crippen LogP contribution >= 0.6 is 0 Å². The number of rotatable bonds is 3. The van der Waals surface area contributed by atoms with Gasteiger partial charge in [0.25, 0.3) is 5.91 Å². The molecule has 2 heterocycles. The van der Waals surface area contributed by atoms with Gasteiger partial charge < -0.3 is 14.3 Å². The number of hydrogen-bond donors (Lipinski definition) is 1. The molecule has 0 aliphatic carbocycles. The number of nitrogens with one attached hydrogen (secondary N) is 1. The molecule has 4 aromatic rings. The number of benzene rings is 2. The van der Waals surface area contributed by atoms with E-state index in [0.717, 1.165) is 27.6 Å². The summed E-state index contributed by atoms with van der Waals surface area (Å²) in [6.07, 6.45) is 0. The lowest BCUT2D eigenvalue weighted by Gasteiger charge is -2.14. The largest absolute Gasteiger partial charge is 0.454 e. The van der Waals surface area contributed by atoms with Crippen LogP contribution in [0.15, 0.2) is 65.1 Å². The van der Waals surface area contributed by atoms with Crippen LogP contribution in [0.5, 0.6) is 0 Å². The number of nitrogens with zero attached hydrogens (tertiary/aromatic N) is 1. The van der Waals surface area contributed by atoms with Crippen molar-refractivity contribution in [3.8, 4) is 0 Å². The molecule has 2 aromatic heterocycles. The van der Waals surface area contributed by atoms with E-state index in [1.165, 1.54) is 0 Å². The van der Waals surface area contributed by atoms with E-state index < -0.39 is 0 Å². The molecule has 1 amide bonds. The van der Waals surface area contributed by atoms with Gasteiger partial charge in [0.05, 0.1) is 11.6 Å². The van der Waals surface area contributed by atoms with Gasteiger partial charge in [-0.25, -0.2) is 0 Å². The van der Waals surface area contributed by atoms with Crippen molar-refractivity contribution < 1.29 is 9.21 Å². The van der Waals surface area contributed by atoms with Crippen molar-refractivity contribution in [3.05, 3.63) is 71.9 Å². The molecule has 0 aliphatic rings. The third-order valence-corrected chi connectivity index (χ3v) is 4.44. The lowest BCUT2D eigenvalue weighted by atomic mass is 10.1. The van der Waals surface area contributed by atoms with E-state index in [1.807, 2.05) is 79.2 Å². The van der Waals surface area contributed by atoms with Gasteiger partial charge in [-0.15, -0.1) is 0 Å². The second kappa shape index (κ2) is 5.57. The van der Waals surface area contributed by atoms with Crippen molar-refractivity contribution >= 4 is 28.0 Å². The lowest BCUT2D eigenvalue weighted by molar-refractivity contribution is 0.0932.